The van der Waals surface area contributed by atoms with Crippen molar-refractivity contribution in [3.63, 3.8) is 0 Å². The summed E-state index contributed by atoms with van der Waals surface area (Å²) in [6.07, 6.45) is 7.50. The minimum absolute atomic E-state index is 0.0217. The van der Waals surface area contributed by atoms with Gasteiger partial charge in [-0.05, 0) is 151 Å². The van der Waals surface area contributed by atoms with Crippen LogP contribution in [0.15, 0.2) is 63.6 Å². The maximum atomic E-state index is 15.8. The van der Waals surface area contributed by atoms with Crippen LogP contribution in [0.5, 0.6) is 0 Å². The zero-order valence-corrected chi connectivity index (χ0v) is 57.6. The molecule has 0 N–H and O–H groups in total. The molecule has 6 saturated heterocycles. The minimum Gasteiger partial charge on any atom is -0.411 e. The molecule has 0 radical (unpaired) electrons. The van der Waals surface area contributed by atoms with Crippen molar-refractivity contribution >= 4 is 54.8 Å². The van der Waals surface area contributed by atoms with Crippen LogP contribution in [0.25, 0.3) is 0 Å². The Kier molecular flexibility index (Phi) is 23.2. The summed E-state index contributed by atoms with van der Waals surface area (Å²) in [5, 5.41) is -1.47. The molecule has 0 saturated carbocycles. The molecule has 7 rings (SSSR count). The van der Waals surface area contributed by atoms with Gasteiger partial charge < -0.3 is 42.0 Å². The van der Waals surface area contributed by atoms with E-state index in [1.165, 1.54) is 0 Å². The highest BCUT2D eigenvalue weighted by Crippen LogP contribution is 2.49. The molecular formula is C65H107IO12SSi2. The number of fused-ring (bicyclic) bond motifs is 1. The first-order chi connectivity index (χ1) is 37.9. The SMILES string of the molecule is C=C1C[C@H](CCC2OCCO2)O[C@H]1CC[C@H]1C[C@H](C)C(=C)[C@@H](C[C@@H]2O[C@H](C[C@H](C)CC)[C@H](C)[C@H]2C(C(=O)C[C@H]2CC[C@@H]3O[C@H]([C@H](/C=C/I)O[Si](C)(C)C(C)(C)C)[C@@H](O[Si](C)(C)C(C)(C)C)[C@@H](C)[C@@H]3O2)S(=O)(=O)c2ccc(CC)cc2)O1. The van der Waals surface area contributed by atoms with Crippen LogP contribution in [-0.2, 0) is 63.1 Å². The molecule has 0 aromatic heterocycles. The molecule has 0 amide bonds. The maximum absolute atomic E-state index is 15.8. The van der Waals surface area contributed by atoms with Gasteiger partial charge in [-0.2, -0.15) is 0 Å². The van der Waals surface area contributed by atoms with Crippen molar-refractivity contribution in [3.05, 3.63) is 64.3 Å². The number of Topliss-reactive ketones (excluding diaryl/α,β-unsaturated/α-hetero) is 1. The van der Waals surface area contributed by atoms with Gasteiger partial charge in [0.25, 0.3) is 0 Å². The Morgan fingerprint density at radius 1 is 0.802 bits per heavy atom. The quantitative estimate of drug-likeness (QED) is 0.0554. The first-order valence-corrected chi connectivity index (χ1v) is 39.8. The number of hydrogen-bond donors (Lipinski definition) is 0. The van der Waals surface area contributed by atoms with Gasteiger partial charge >= 0.3 is 0 Å². The molecule has 1 aromatic rings. The number of carbonyl (C=O) groups excluding carboxylic acids is 1. The fourth-order valence-corrected chi connectivity index (χ4v) is 18.2. The molecule has 0 spiro atoms. The maximum Gasteiger partial charge on any atom is 0.193 e. The molecule has 12 nitrogen and oxygen atoms in total. The molecular weight excluding hydrogens is 1190 g/mol. The molecule has 1 aromatic carbocycles. The first kappa shape index (κ1) is 67.4. The molecule has 6 aliphatic rings. The third-order valence-corrected chi connectivity index (χ3v) is 32.1. The number of sulfone groups is 1. The molecule has 18 atom stereocenters. The fourth-order valence-electron chi connectivity index (χ4n) is 13.0. The van der Waals surface area contributed by atoms with Gasteiger partial charge in [-0.25, -0.2) is 8.42 Å². The predicted octanol–water partition coefficient (Wildman–Crippen LogP) is 14.9. The number of aryl methyl sites for hydroxylation is 1. The van der Waals surface area contributed by atoms with Gasteiger partial charge in [0, 0.05) is 31.1 Å². The molecule has 0 aliphatic carbocycles. The van der Waals surface area contributed by atoms with Crippen LogP contribution in [0.3, 0.4) is 0 Å². The van der Waals surface area contributed by atoms with Crippen LogP contribution in [0.2, 0.25) is 36.3 Å². The molecule has 0 bridgehead atoms. The molecule has 460 valence electrons. The molecule has 6 fully saturated rings. The van der Waals surface area contributed by atoms with Crippen molar-refractivity contribution in [3.8, 4) is 0 Å². The van der Waals surface area contributed by atoms with E-state index in [0.29, 0.717) is 38.4 Å². The number of halogens is 1. The number of carbonyl (C=O) groups is 1. The third kappa shape index (κ3) is 16.1. The standard InChI is InChI=1S/C65H107IO12SSi2/c1-19-40(3)35-55-44(7)59(57(75-55)39-56-43(6)41(4)36-47(73-56)23-28-52-42(5)37-48(72-52)25-30-58-70-33-34-71-58)63(79(68,69)50-26-21-46(20-2)22-27-50)51(67)38-49-24-29-53-60(74-49)45(8)61(78-81(17,18)65(12,13)14)62(76-53)54(31-32-66)77-80(15,16)64(9,10)11/h21-22,26-27,31-32,40-41,44-45,47-49,52-63H,5-6,19-20,23-25,28-30,33-39H2,1-4,7-18H3/b32-31+/t40-,41+,44+,45+,47+,48+,49-,52+,53+,54+,55-,56-,57+,59-,60+,61+,62-,63?/m1/s1. The molecule has 81 heavy (non-hydrogen) atoms. The van der Waals surface area contributed by atoms with E-state index in [9.17, 15) is 0 Å². The number of rotatable bonds is 24. The summed E-state index contributed by atoms with van der Waals surface area (Å²) in [6, 6.07) is 7.14. The van der Waals surface area contributed by atoms with Crippen LogP contribution < -0.4 is 0 Å². The Labute approximate surface area is 506 Å². The summed E-state index contributed by atoms with van der Waals surface area (Å²) in [6.45, 7) is 46.0. The smallest absolute Gasteiger partial charge is 0.193 e. The molecule has 6 aliphatic heterocycles. The van der Waals surface area contributed by atoms with E-state index in [1.807, 2.05) is 16.2 Å². The van der Waals surface area contributed by atoms with Crippen molar-refractivity contribution in [2.45, 2.75) is 293 Å². The fraction of sp³-hybridized carbons (Fsp3) is 0.800. The Balaban J connectivity index is 1.16. The molecule has 6 heterocycles. The van der Waals surface area contributed by atoms with Crippen LogP contribution in [0.1, 0.15) is 166 Å². The predicted molar refractivity (Wildman–Crippen MR) is 338 cm³/mol. The topological polar surface area (TPSA) is 134 Å². The van der Waals surface area contributed by atoms with Crippen LogP contribution in [0.4, 0.5) is 0 Å². The summed E-state index contributed by atoms with van der Waals surface area (Å²) >= 11 is 2.29. The minimum atomic E-state index is -4.26. The second-order valence-electron chi connectivity index (χ2n) is 28.5. The van der Waals surface area contributed by atoms with Crippen molar-refractivity contribution < 1.29 is 55.2 Å². The summed E-state index contributed by atoms with van der Waals surface area (Å²) in [7, 11) is -8.91. The van der Waals surface area contributed by atoms with Gasteiger partial charge in [0.2, 0.25) is 0 Å². The van der Waals surface area contributed by atoms with E-state index >= 15 is 13.2 Å². The van der Waals surface area contributed by atoms with Crippen molar-refractivity contribution in [2.75, 3.05) is 13.2 Å². The lowest BCUT2D eigenvalue weighted by Crippen LogP contribution is -2.64. The molecule has 16 heteroatoms. The van der Waals surface area contributed by atoms with E-state index < -0.39 is 49.8 Å². The summed E-state index contributed by atoms with van der Waals surface area (Å²) in [4.78, 5) is 16.0. The van der Waals surface area contributed by atoms with Gasteiger partial charge in [0.15, 0.2) is 38.5 Å². The van der Waals surface area contributed by atoms with E-state index in [2.05, 4.69) is 151 Å². The van der Waals surface area contributed by atoms with Crippen molar-refractivity contribution in [2.24, 2.45) is 29.6 Å². The van der Waals surface area contributed by atoms with E-state index in [0.717, 1.165) is 74.5 Å². The number of ether oxygens (including phenoxy) is 7. The lowest BCUT2D eigenvalue weighted by atomic mass is 9.78. The lowest BCUT2D eigenvalue weighted by molar-refractivity contribution is -0.251. The number of hydrogen-bond acceptors (Lipinski definition) is 12. The summed E-state index contributed by atoms with van der Waals surface area (Å²) < 4.78 is 94.7. The zero-order chi connectivity index (χ0) is 59.6. The van der Waals surface area contributed by atoms with Crippen LogP contribution >= 0.6 is 22.6 Å². The monoisotopic (exact) mass is 1290 g/mol. The first-order valence-electron chi connectivity index (χ1n) is 31.2. The largest absolute Gasteiger partial charge is 0.411 e. The Morgan fingerprint density at radius 3 is 2.06 bits per heavy atom. The second-order valence-corrected chi connectivity index (χ2v) is 40.8. The number of ketones is 1. The highest BCUT2D eigenvalue weighted by molar-refractivity contribution is 14.1. The average molecular weight is 1300 g/mol. The van der Waals surface area contributed by atoms with Gasteiger partial charge in [0.1, 0.15) is 11.4 Å². The number of benzene rings is 1. The highest BCUT2D eigenvalue weighted by atomic mass is 127. The zero-order valence-electron chi connectivity index (χ0n) is 52.6. The Hall–Kier alpha value is -1.14. The summed E-state index contributed by atoms with van der Waals surface area (Å²) in [5.74, 6) is -0.831. The van der Waals surface area contributed by atoms with Gasteiger partial charge in [-0.3, -0.25) is 4.79 Å². The Morgan fingerprint density at radius 2 is 1.44 bits per heavy atom. The van der Waals surface area contributed by atoms with E-state index in [-0.39, 0.29) is 112 Å². The lowest BCUT2D eigenvalue weighted by Gasteiger charge is -2.54. The van der Waals surface area contributed by atoms with Crippen LogP contribution in [0, 0.1) is 29.6 Å². The van der Waals surface area contributed by atoms with Crippen LogP contribution in [-0.4, -0.2) is 129 Å². The third-order valence-electron chi connectivity index (χ3n) is 20.6. The van der Waals surface area contributed by atoms with Gasteiger partial charge in [0.05, 0.1) is 85.3 Å². The molecule has 1 unspecified atom stereocenters. The van der Waals surface area contributed by atoms with Gasteiger partial charge in [-0.1, -0.05) is 137 Å². The average Bonchev–Trinajstić information content (AvgIpc) is 4.37. The van der Waals surface area contributed by atoms with Crippen molar-refractivity contribution in [1.82, 2.24) is 0 Å². The highest BCUT2D eigenvalue weighted by Gasteiger charge is 2.57. The second kappa shape index (κ2) is 27.9. The Bertz CT molecular complexity index is 2400. The van der Waals surface area contributed by atoms with E-state index in [4.69, 9.17) is 42.0 Å². The normalized spacial score (nSPS) is 34.2. The van der Waals surface area contributed by atoms with Gasteiger partial charge in [-0.15, -0.1) is 0 Å². The van der Waals surface area contributed by atoms with E-state index in [1.54, 1.807) is 12.1 Å². The summed E-state index contributed by atoms with van der Waals surface area (Å²) in [5.41, 5.74) is 3.14. The van der Waals surface area contributed by atoms with Crippen molar-refractivity contribution in [1.29, 1.82) is 0 Å².